The number of hydrogen-bond donors (Lipinski definition) is 2. The van der Waals surface area contributed by atoms with Gasteiger partial charge < -0.3 is 15.5 Å². The molecule has 0 bridgehead atoms. The Morgan fingerprint density at radius 2 is 2.08 bits per heavy atom. The lowest BCUT2D eigenvalue weighted by Gasteiger charge is -2.25. The van der Waals surface area contributed by atoms with Gasteiger partial charge in [0.25, 0.3) is 0 Å². The van der Waals surface area contributed by atoms with Gasteiger partial charge in [-0.3, -0.25) is 9.48 Å². The number of aromatic nitrogens is 3. The molecule has 2 N–H and O–H groups in total. The molecule has 25 heavy (non-hydrogen) atoms. The number of aryl methyl sites for hydroxylation is 1. The summed E-state index contributed by atoms with van der Waals surface area (Å²) in [5.41, 5.74) is 0. The molecule has 0 radical (unpaired) electrons. The molecule has 0 unspecified atom stereocenters. The number of likely N-dealkylation sites (N-methyl/N-ethyl adjacent to an activating group) is 1. The maximum atomic E-state index is 11.8. The van der Waals surface area contributed by atoms with E-state index in [0.717, 1.165) is 25.5 Å². The summed E-state index contributed by atoms with van der Waals surface area (Å²) in [4.78, 5) is 17.8. The minimum absolute atomic E-state index is 0. The number of guanidine groups is 1. The lowest BCUT2D eigenvalue weighted by Crippen LogP contribution is -2.45. The molecule has 2 rings (SSSR count). The molecule has 1 aromatic rings. The van der Waals surface area contributed by atoms with Gasteiger partial charge in [-0.1, -0.05) is 24.5 Å². The fourth-order valence-electron chi connectivity index (χ4n) is 2.68. The highest BCUT2D eigenvalue weighted by Gasteiger charge is 2.15. The highest BCUT2D eigenvalue weighted by atomic mass is 127. The number of nitrogens with zero attached hydrogens (tertiary/aromatic N) is 5. The van der Waals surface area contributed by atoms with E-state index in [-0.39, 0.29) is 36.4 Å². The number of nitrogens with one attached hydrogen (secondary N) is 2. The second-order valence-electron chi connectivity index (χ2n) is 6.38. The van der Waals surface area contributed by atoms with Crippen molar-refractivity contribution < 1.29 is 4.79 Å². The van der Waals surface area contributed by atoms with Crippen LogP contribution in [0.25, 0.3) is 0 Å². The van der Waals surface area contributed by atoms with Gasteiger partial charge in [0.15, 0.2) is 5.96 Å². The summed E-state index contributed by atoms with van der Waals surface area (Å²) in [5.74, 6) is 0.734. The Balaban J connectivity index is 0.00000312. The first kappa shape index (κ1) is 21.7. The third-order valence-electron chi connectivity index (χ3n) is 4.15. The number of carbonyl (C=O) groups excluding carboxylic acids is 1. The van der Waals surface area contributed by atoms with Crippen LogP contribution < -0.4 is 10.6 Å². The molecule has 0 aromatic carbocycles. The van der Waals surface area contributed by atoms with Crippen molar-refractivity contribution in [1.82, 2.24) is 30.5 Å². The molecule has 1 aromatic heterocycles. The van der Waals surface area contributed by atoms with Crippen LogP contribution in [0.3, 0.4) is 0 Å². The van der Waals surface area contributed by atoms with Crippen LogP contribution in [0.15, 0.2) is 17.4 Å². The summed E-state index contributed by atoms with van der Waals surface area (Å²) < 4.78 is 1.81. The third-order valence-corrected chi connectivity index (χ3v) is 4.15. The van der Waals surface area contributed by atoms with E-state index in [9.17, 15) is 4.79 Å². The van der Waals surface area contributed by atoms with E-state index in [1.807, 2.05) is 10.9 Å². The Hall–Kier alpha value is -1.39. The van der Waals surface area contributed by atoms with Gasteiger partial charge in [0.1, 0.15) is 6.54 Å². The number of aliphatic imine (C=N–C) groups is 1. The zero-order valence-corrected chi connectivity index (χ0v) is 17.5. The Morgan fingerprint density at radius 3 is 2.72 bits per heavy atom. The average Bonchev–Trinajstić information content (AvgIpc) is 3.10. The zero-order valence-electron chi connectivity index (χ0n) is 15.1. The molecule has 0 spiro atoms. The standard InChI is InChI=1S/C16H29N7O.HI/c1-22(2)15(24)13-18-16(20-14-7-4-3-5-8-14)17-9-6-11-23-12-10-19-21-23;/h10,12,14H,3-9,11,13H2,1-2H3,(H2,17,18,20);1H. The first-order valence-electron chi connectivity index (χ1n) is 8.74. The van der Waals surface area contributed by atoms with Crippen molar-refractivity contribution in [2.75, 3.05) is 27.2 Å². The first-order chi connectivity index (χ1) is 11.6. The number of halogens is 1. The molecule has 8 nitrogen and oxygen atoms in total. The van der Waals surface area contributed by atoms with Gasteiger partial charge in [0.2, 0.25) is 5.91 Å². The summed E-state index contributed by atoms with van der Waals surface area (Å²) in [6.45, 7) is 1.74. The van der Waals surface area contributed by atoms with E-state index in [4.69, 9.17) is 0 Å². The Bertz CT molecular complexity index is 513. The monoisotopic (exact) mass is 463 g/mol. The predicted octanol–water partition coefficient (Wildman–Crippen LogP) is 1.24. The van der Waals surface area contributed by atoms with E-state index in [1.165, 1.54) is 32.1 Å². The van der Waals surface area contributed by atoms with Crippen LogP contribution in [0.1, 0.15) is 38.5 Å². The van der Waals surface area contributed by atoms with Gasteiger partial charge >= 0.3 is 0 Å². The summed E-state index contributed by atoms with van der Waals surface area (Å²) in [6, 6.07) is 0.453. The minimum Gasteiger partial charge on any atom is -0.356 e. The van der Waals surface area contributed by atoms with Gasteiger partial charge in [-0.25, -0.2) is 4.99 Å². The Labute approximate surface area is 166 Å². The molecule has 142 valence electrons. The lowest BCUT2D eigenvalue weighted by molar-refractivity contribution is -0.127. The van der Waals surface area contributed by atoms with Crippen LogP contribution in [0, 0.1) is 0 Å². The number of rotatable bonds is 7. The third kappa shape index (κ3) is 8.50. The van der Waals surface area contributed by atoms with Crippen molar-refractivity contribution in [3.63, 3.8) is 0 Å². The van der Waals surface area contributed by atoms with E-state index in [1.54, 1.807) is 25.2 Å². The minimum atomic E-state index is 0. The highest BCUT2D eigenvalue weighted by molar-refractivity contribution is 14.0. The normalized spacial score (nSPS) is 15.4. The average molecular weight is 463 g/mol. The van der Waals surface area contributed by atoms with Gasteiger partial charge in [0, 0.05) is 39.4 Å². The Kier molecular flexibility index (Phi) is 10.4. The summed E-state index contributed by atoms with van der Waals surface area (Å²) >= 11 is 0. The lowest BCUT2D eigenvalue weighted by atomic mass is 9.96. The van der Waals surface area contributed by atoms with Gasteiger partial charge in [0.05, 0.1) is 6.20 Å². The summed E-state index contributed by atoms with van der Waals surface area (Å²) in [5, 5.41) is 14.5. The van der Waals surface area contributed by atoms with Crippen molar-refractivity contribution in [2.24, 2.45) is 4.99 Å². The molecule has 1 heterocycles. The summed E-state index contributed by atoms with van der Waals surface area (Å²) in [7, 11) is 3.50. The number of carbonyl (C=O) groups is 1. The molecule has 9 heteroatoms. The maximum Gasteiger partial charge on any atom is 0.243 e. The molecule has 1 aliphatic rings. The maximum absolute atomic E-state index is 11.8. The van der Waals surface area contributed by atoms with Gasteiger partial charge in [-0.2, -0.15) is 0 Å². The molecular weight excluding hydrogens is 433 g/mol. The van der Waals surface area contributed by atoms with Crippen molar-refractivity contribution in [3.05, 3.63) is 12.4 Å². The van der Waals surface area contributed by atoms with Crippen molar-refractivity contribution in [2.45, 2.75) is 51.1 Å². The predicted molar refractivity (Wildman–Crippen MR) is 109 cm³/mol. The topological polar surface area (TPSA) is 87.4 Å². The van der Waals surface area contributed by atoms with E-state index < -0.39 is 0 Å². The fraction of sp³-hybridized carbons (Fsp3) is 0.750. The molecule has 0 atom stereocenters. The van der Waals surface area contributed by atoms with E-state index >= 15 is 0 Å². The van der Waals surface area contributed by atoms with Gasteiger partial charge in [-0.15, -0.1) is 29.1 Å². The molecule has 1 aliphatic carbocycles. The fourth-order valence-corrected chi connectivity index (χ4v) is 2.68. The largest absolute Gasteiger partial charge is 0.356 e. The molecular formula is C16H30IN7O. The van der Waals surface area contributed by atoms with Crippen molar-refractivity contribution >= 4 is 35.8 Å². The highest BCUT2D eigenvalue weighted by Crippen LogP contribution is 2.17. The molecule has 1 saturated carbocycles. The Morgan fingerprint density at radius 1 is 1.32 bits per heavy atom. The molecule has 0 aliphatic heterocycles. The smallest absolute Gasteiger partial charge is 0.243 e. The number of hydrogen-bond acceptors (Lipinski definition) is 4. The SMILES string of the molecule is CN(C)C(=O)CN=C(NCCCn1ccnn1)NC1CCCCC1.I. The van der Waals surface area contributed by atoms with Crippen LogP contribution in [0.2, 0.25) is 0 Å². The van der Waals surface area contributed by atoms with Crippen molar-refractivity contribution in [3.8, 4) is 0 Å². The van der Waals surface area contributed by atoms with E-state index in [0.29, 0.717) is 6.04 Å². The van der Waals surface area contributed by atoms with Crippen molar-refractivity contribution in [1.29, 1.82) is 0 Å². The summed E-state index contributed by atoms with van der Waals surface area (Å²) in [6.07, 6.45) is 10.6. The van der Waals surface area contributed by atoms with E-state index in [2.05, 4.69) is 25.9 Å². The second-order valence-corrected chi connectivity index (χ2v) is 6.38. The number of amides is 1. The van der Waals surface area contributed by atoms with Crippen LogP contribution in [0.5, 0.6) is 0 Å². The second kappa shape index (κ2) is 12.0. The van der Waals surface area contributed by atoms with Crippen LogP contribution in [-0.4, -0.2) is 65.0 Å². The zero-order chi connectivity index (χ0) is 17.2. The first-order valence-corrected chi connectivity index (χ1v) is 8.74. The molecule has 0 saturated heterocycles. The molecule has 1 amide bonds. The van der Waals surface area contributed by atoms with Crippen LogP contribution in [0.4, 0.5) is 0 Å². The van der Waals surface area contributed by atoms with Crippen LogP contribution >= 0.6 is 24.0 Å². The molecule has 1 fully saturated rings. The van der Waals surface area contributed by atoms with Gasteiger partial charge in [-0.05, 0) is 19.3 Å². The quantitative estimate of drug-likeness (QED) is 0.275. The van der Waals surface area contributed by atoms with Crippen LogP contribution in [-0.2, 0) is 11.3 Å².